The molecule has 1 saturated heterocycles. The molecule has 0 atom stereocenters. The Morgan fingerprint density at radius 3 is 2.59 bits per heavy atom. The van der Waals surface area contributed by atoms with E-state index in [1.165, 1.54) is 0 Å². The summed E-state index contributed by atoms with van der Waals surface area (Å²) in [5.74, 6) is 0.746. The van der Waals surface area contributed by atoms with Gasteiger partial charge >= 0.3 is 0 Å². The second-order valence-electron chi connectivity index (χ2n) is 7.13. The van der Waals surface area contributed by atoms with Crippen LogP contribution in [0.2, 0.25) is 0 Å². The lowest BCUT2D eigenvalue weighted by Gasteiger charge is -2.34. The van der Waals surface area contributed by atoms with Crippen LogP contribution in [0, 0.1) is 17.2 Å². The predicted octanol–water partition coefficient (Wildman–Crippen LogP) is 3.97. The number of para-hydroxylation sites is 1. The molecule has 146 valence electrons. The third kappa shape index (κ3) is 3.85. The first kappa shape index (κ1) is 18.8. The number of aromatic nitrogens is 1. The molecule has 2 heterocycles. The van der Waals surface area contributed by atoms with E-state index in [2.05, 4.69) is 21.3 Å². The summed E-state index contributed by atoms with van der Waals surface area (Å²) in [6.45, 7) is 1.45. The average Bonchev–Trinajstić information content (AvgIpc) is 2.79. The van der Waals surface area contributed by atoms with Gasteiger partial charge in [-0.05, 0) is 43.2 Å². The Morgan fingerprint density at radius 1 is 1.17 bits per heavy atom. The third-order valence-corrected chi connectivity index (χ3v) is 5.41. The van der Waals surface area contributed by atoms with Gasteiger partial charge in [0.25, 0.3) is 0 Å². The van der Waals surface area contributed by atoms with Crippen LogP contribution >= 0.6 is 0 Å². The van der Waals surface area contributed by atoms with Crippen LogP contribution in [-0.2, 0) is 4.79 Å². The molecule has 29 heavy (non-hydrogen) atoms. The minimum atomic E-state index is -0.0491. The number of fused-ring (bicyclic) bond motifs is 1. The molecule has 0 bridgehead atoms. The van der Waals surface area contributed by atoms with Gasteiger partial charge in [0.2, 0.25) is 5.91 Å². The number of methoxy groups -OCH3 is 1. The van der Waals surface area contributed by atoms with E-state index in [4.69, 9.17) is 4.74 Å². The maximum Gasteiger partial charge on any atom is 0.227 e. The number of carbonyl (C=O) groups excluding carboxylic acids is 1. The van der Waals surface area contributed by atoms with Gasteiger partial charge < -0.3 is 15.0 Å². The van der Waals surface area contributed by atoms with E-state index in [0.717, 1.165) is 54.0 Å². The molecule has 0 spiro atoms. The minimum absolute atomic E-state index is 0.0370. The summed E-state index contributed by atoms with van der Waals surface area (Å²) in [7, 11) is 1.62. The minimum Gasteiger partial charge on any atom is -0.497 e. The van der Waals surface area contributed by atoms with Gasteiger partial charge in [0, 0.05) is 36.3 Å². The first-order valence-corrected chi connectivity index (χ1v) is 9.67. The predicted molar refractivity (Wildman–Crippen MR) is 113 cm³/mol. The highest BCUT2D eigenvalue weighted by atomic mass is 16.5. The van der Waals surface area contributed by atoms with Crippen LogP contribution in [0.4, 0.5) is 11.4 Å². The number of nitrogens with zero attached hydrogens (tertiary/aromatic N) is 3. The molecule has 0 saturated carbocycles. The number of piperidine rings is 1. The number of nitrogens with one attached hydrogen (secondary N) is 1. The number of amides is 1. The second-order valence-corrected chi connectivity index (χ2v) is 7.13. The Labute approximate surface area is 169 Å². The van der Waals surface area contributed by atoms with Crippen molar-refractivity contribution in [2.24, 2.45) is 5.92 Å². The standard InChI is InChI=1S/C23H22N4O2/c1-29-19-8-6-18(7-9-19)26-23(28)16-10-12-27(13-11-16)22-17(14-24)15-25-21-5-3-2-4-20(21)22/h2-9,15-16H,10-13H2,1H3,(H,26,28). The molecular weight excluding hydrogens is 364 g/mol. The van der Waals surface area contributed by atoms with Crippen LogP contribution in [0.25, 0.3) is 10.9 Å². The summed E-state index contributed by atoms with van der Waals surface area (Å²) in [5.41, 5.74) is 3.14. The van der Waals surface area contributed by atoms with Crippen LogP contribution in [-0.4, -0.2) is 31.1 Å². The molecule has 1 amide bonds. The van der Waals surface area contributed by atoms with Gasteiger partial charge in [-0.25, -0.2) is 0 Å². The van der Waals surface area contributed by atoms with Gasteiger partial charge in [-0.2, -0.15) is 5.26 Å². The zero-order chi connectivity index (χ0) is 20.2. The normalized spacial score (nSPS) is 14.4. The van der Waals surface area contributed by atoms with Crippen molar-refractivity contribution < 1.29 is 9.53 Å². The fraction of sp³-hybridized carbons (Fsp3) is 0.261. The summed E-state index contributed by atoms with van der Waals surface area (Å²) in [6.07, 6.45) is 3.12. The molecule has 1 fully saturated rings. The number of benzene rings is 2. The van der Waals surface area contributed by atoms with Crippen LogP contribution in [0.5, 0.6) is 5.75 Å². The summed E-state index contributed by atoms with van der Waals surface area (Å²) in [4.78, 5) is 19.3. The molecule has 0 radical (unpaired) electrons. The fourth-order valence-electron chi connectivity index (χ4n) is 3.83. The zero-order valence-electron chi connectivity index (χ0n) is 16.3. The van der Waals surface area contributed by atoms with Crippen molar-refractivity contribution in [2.75, 3.05) is 30.4 Å². The number of ether oxygens (including phenoxy) is 1. The van der Waals surface area contributed by atoms with E-state index in [-0.39, 0.29) is 11.8 Å². The number of anilines is 2. The number of hydrogen-bond acceptors (Lipinski definition) is 5. The van der Waals surface area contributed by atoms with Gasteiger partial charge in [-0.1, -0.05) is 18.2 Å². The molecule has 1 N–H and O–H groups in total. The molecule has 1 aliphatic rings. The largest absolute Gasteiger partial charge is 0.497 e. The van der Waals surface area contributed by atoms with E-state index >= 15 is 0 Å². The summed E-state index contributed by atoms with van der Waals surface area (Å²) >= 11 is 0. The van der Waals surface area contributed by atoms with Crippen LogP contribution < -0.4 is 15.0 Å². The Balaban J connectivity index is 1.46. The molecule has 2 aromatic carbocycles. The topological polar surface area (TPSA) is 78.2 Å². The van der Waals surface area contributed by atoms with Gasteiger partial charge in [-0.15, -0.1) is 0 Å². The molecular formula is C23H22N4O2. The molecule has 1 aromatic heterocycles. The Kier molecular flexibility index (Phi) is 5.30. The maximum absolute atomic E-state index is 12.7. The molecule has 0 aliphatic carbocycles. The van der Waals surface area contributed by atoms with Crippen LogP contribution in [0.1, 0.15) is 18.4 Å². The zero-order valence-corrected chi connectivity index (χ0v) is 16.3. The van der Waals surface area contributed by atoms with E-state index < -0.39 is 0 Å². The third-order valence-electron chi connectivity index (χ3n) is 5.41. The first-order chi connectivity index (χ1) is 14.2. The SMILES string of the molecule is COc1ccc(NC(=O)C2CCN(c3c(C#N)cnc4ccccc34)CC2)cc1. The van der Waals surface area contributed by atoms with Crippen molar-refractivity contribution in [3.63, 3.8) is 0 Å². The number of rotatable bonds is 4. The Bertz CT molecular complexity index is 1060. The molecule has 0 unspecified atom stereocenters. The van der Waals surface area contributed by atoms with E-state index in [9.17, 15) is 10.1 Å². The molecule has 6 heteroatoms. The first-order valence-electron chi connectivity index (χ1n) is 9.67. The van der Waals surface area contributed by atoms with Crippen molar-refractivity contribution in [3.05, 3.63) is 60.3 Å². The highest BCUT2D eigenvalue weighted by Crippen LogP contribution is 2.32. The van der Waals surface area contributed by atoms with Crippen LogP contribution in [0.15, 0.2) is 54.7 Å². The Morgan fingerprint density at radius 2 is 1.90 bits per heavy atom. The number of pyridine rings is 1. The quantitative estimate of drug-likeness (QED) is 0.734. The van der Waals surface area contributed by atoms with Gasteiger partial charge in [0.1, 0.15) is 11.8 Å². The van der Waals surface area contributed by atoms with E-state index in [0.29, 0.717) is 5.56 Å². The number of nitriles is 1. The van der Waals surface area contributed by atoms with Crippen molar-refractivity contribution in [2.45, 2.75) is 12.8 Å². The smallest absolute Gasteiger partial charge is 0.227 e. The van der Waals surface area contributed by atoms with E-state index in [1.807, 2.05) is 48.5 Å². The summed E-state index contributed by atoms with van der Waals surface area (Å²) < 4.78 is 5.15. The van der Waals surface area contributed by atoms with Gasteiger partial charge in [0.05, 0.1) is 23.9 Å². The molecule has 3 aromatic rings. The Hall–Kier alpha value is -3.59. The van der Waals surface area contributed by atoms with E-state index in [1.54, 1.807) is 13.3 Å². The monoisotopic (exact) mass is 386 g/mol. The van der Waals surface area contributed by atoms with Crippen molar-refractivity contribution in [1.82, 2.24) is 4.98 Å². The average molecular weight is 386 g/mol. The summed E-state index contributed by atoms with van der Waals surface area (Å²) in [5, 5.41) is 13.5. The summed E-state index contributed by atoms with van der Waals surface area (Å²) in [6, 6.07) is 17.5. The lowest BCUT2D eigenvalue weighted by molar-refractivity contribution is -0.120. The maximum atomic E-state index is 12.7. The van der Waals surface area contributed by atoms with Gasteiger partial charge in [-0.3, -0.25) is 9.78 Å². The van der Waals surface area contributed by atoms with Crippen LogP contribution in [0.3, 0.4) is 0 Å². The highest BCUT2D eigenvalue weighted by molar-refractivity contribution is 5.95. The number of hydrogen-bond donors (Lipinski definition) is 1. The highest BCUT2D eigenvalue weighted by Gasteiger charge is 2.27. The van der Waals surface area contributed by atoms with Crippen molar-refractivity contribution in [3.8, 4) is 11.8 Å². The van der Waals surface area contributed by atoms with Gasteiger partial charge in [0.15, 0.2) is 0 Å². The molecule has 6 nitrogen and oxygen atoms in total. The fourth-order valence-corrected chi connectivity index (χ4v) is 3.83. The lowest BCUT2D eigenvalue weighted by Crippen LogP contribution is -2.38. The second kappa shape index (κ2) is 8.19. The number of carbonyl (C=O) groups is 1. The lowest BCUT2D eigenvalue weighted by atomic mass is 9.94. The van der Waals surface area contributed by atoms with Crippen molar-refractivity contribution in [1.29, 1.82) is 5.26 Å². The molecule has 1 aliphatic heterocycles. The molecule has 4 rings (SSSR count). The van der Waals surface area contributed by atoms with Crippen molar-refractivity contribution >= 4 is 28.2 Å².